The molecule has 1 aliphatic heterocycles. The molecule has 0 saturated carbocycles. The lowest BCUT2D eigenvalue weighted by atomic mass is 10.0. The number of nitrogens with one attached hydrogen (secondary N) is 1. The molecule has 3 heterocycles. The summed E-state index contributed by atoms with van der Waals surface area (Å²) in [6.07, 6.45) is 3.14. The smallest absolute Gasteiger partial charge is 0.319 e. The fraction of sp³-hybridized carbons (Fsp3) is 0.300. The van der Waals surface area contributed by atoms with Crippen LogP contribution in [0.15, 0.2) is 53.0 Å². The number of carbonyl (C=O) groups excluding carboxylic acids is 1. The number of aromatic nitrogens is 2. The Bertz CT molecular complexity index is 1190. The first-order valence-electron chi connectivity index (χ1n) is 9.60. The normalized spacial score (nSPS) is 14.5. The summed E-state index contributed by atoms with van der Waals surface area (Å²) in [7, 11) is -3.86. The molecule has 0 fully saturated rings. The van der Waals surface area contributed by atoms with Crippen molar-refractivity contribution in [2.24, 2.45) is 0 Å². The summed E-state index contributed by atoms with van der Waals surface area (Å²) in [5.74, 6) is -0.414. The summed E-state index contributed by atoms with van der Waals surface area (Å²) in [5, 5.41) is 4.17. The van der Waals surface area contributed by atoms with Gasteiger partial charge in [-0.05, 0) is 29.0 Å². The molecule has 0 atom stereocenters. The van der Waals surface area contributed by atoms with Crippen molar-refractivity contribution in [3.05, 3.63) is 69.9 Å². The molecule has 4 rings (SSSR count). The number of hydrogen-bond donors (Lipinski definition) is 1. The quantitative estimate of drug-likeness (QED) is 0.580. The number of thiophene rings is 1. The van der Waals surface area contributed by atoms with Crippen molar-refractivity contribution < 1.29 is 22.0 Å². The highest BCUT2D eigenvalue weighted by Crippen LogP contribution is 2.29. The molecule has 164 valence electrons. The highest BCUT2D eigenvalue weighted by molar-refractivity contribution is 7.89. The molecule has 1 amide bonds. The number of alkyl halides is 2. The van der Waals surface area contributed by atoms with Crippen LogP contribution in [0.3, 0.4) is 0 Å². The summed E-state index contributed by atoms with van der Waals surface area (Å²) in [6, 6.07) is 9.12. The number of benzene rings is 1. The summed E-state index contributed by atoms with van der Waals surface area (Å²) in [5.41, 5.74) is 2.08. The van der Waals surface area contributed by atoms with Crippen LogP contribution in [0.4, 0.5) is 8.78 Å². The van der Waals surface area contributed by atoms with Gasteiger partial charge in [0.2, 0.25) is 10.0 Å². The highest BCUT2D eigenvalue weighted by atomic mass is 32.2. The van der Waals surface area contributed by atoms with E-state index in [1.54, 1.807) is 5.38 Å². The number of imidazole rings is 1. The third kappa shape index (κ3) is 4.39. The van der Waals surface area contributed by atoms with Gasteiger partial charge in [-0.15, -0.1) is 11.3 Å². The number of fused-ring (bicyclic) bond motifs is 1. The van der Waals surface area contributed by atoms with Crippen LogP contribution in [0.25, 0.3) is 0 Å². The topological polar surface area (TPSA) is 84.3 Å². The van der Waals surface area contributed by atoms with E-state index in [9.17, 15) is 22.0 Å². The minimum Gasteiger partial charge on any atom is -0.351 e. The van der Waals surface area contributed by atoms with Gasteiger partial charge in [-0.1, -0.05) is 24.3 Å². The zero-order valence-electron chi connectivity index (χ0n) is 16.4. The van der Waals surface area contributed by atoms with E-state index < -0.39 is 22.5 Å². The standard InChI is InChI=1S/C20H20F2N4O3S2/c21-20(22)26-11-9-23-17(26)5-8-24-19(27)18-16(7-12-30-18)31(28,29)25-10-6-14-3-1-2-4-15(14)13-25/h1-4,7,9,11-12,20H,5-6,8,10,13H2,(H,24,27). The van der Waals surface area contributed by atoms with E-state index in [4.69, 9.17) is 0 Å². The van der Waals surface area contributed by atoms with E-state index in [0.717, 1.165) is 27.0 Å². The zero-order valence-corrected chi connectivity index (χ0v) is 18.0. The highest BCUT2D eigenvalue weighted by Gasteiger charge is 2.32. The third-order valence-corrected chi connectivity index (χ3v) is 8.07. The number of hydrogen-bond acceptors (Lipinski definition) is 5. The van der Waals surface area contributed by atoms with E-state index in [1.807, 2.05) is 24.3 Å². The van der Waals surface area contributed by atoms with Crippen molar-refractivity contribution in [1.29, 1.82) is 0 Å². The minimum absolute atomic E-state index is 0.0385. The molecule has 1 aliphatic rings. The number of nitrogens with zero attached hydrogens (tertiary/aromatic N) is 3. The van der Waals surface area contributed by atoms with Crippen molar-refractivity contribution in [1.82, 2.24) is 19.2 Å². The van der Waals surface area contributed by atoms with Crippen LogP contribution in [-0.2, 0) is 29.4 Å². The Morgan fingerprint density at radius 1 is 1.23 bits per heavy atom. The average Bonchev–Trinajstić information content (AvgIpc) is 3.43. The zero-order chi connectivity index (χ0) is 22.0. The maximum Gasteiger partial charge on any atom is 0.319 e. The number of amides is 1. The molecule has 0 radical (unpaired) electrons. The molecule has 0 aliphatic carbocycles. The number of halogens is 2. The predicted octanol–water partition coefficient (Wildman–Crippen LogP) is 3.06. The molecule has 2 aromatic heterocycles. The van der Waals surface area contributed by atoms with E-state index >= 15 is 0 Å². The Labute approximate surface area is 182 Å². The lowest BCUT2D eigenvalue weighted by molar-refractivity contribution is 0.0670. The van der Waals surface area contributed by atoms with E-state index in [1.165, 1.54) is 22.8 Å². The van der Waals surface area contributed by atoms with Gasteiger partial charge in [0, 0.05) is 38.4 Å². The third-order valence-electron chi connectivity index (χ3n) is 5.14. The van der Waals surface area contributed by atoms with E-state index in [-0.39, 0.29) is 35.1 Å². The van der Waals surface area contributed by atoms with Gasteiger partial charge in [-0.25, -0.2) is 13.4 Å². The molecule has 0 spiro atoms. The Kier molecular flexibility index (Phi) is 6.17. The summed E-state index contributed by atoms with van der Waals surface area (Å²) >= 11 is 1.03. The Morgan fingerprint density at radius 3 is 2.77 bits per heavy atom. The van der Waals surface area contributed by atoms with Crippen molar-refractivity contribution in [3.8, 4) is 0 Å². The first-order valence-corrected chi connectivity index (χ1v) is 11.9. The monoisotopic (exact) mass is 466 g/mol. The largest absolute Gasteiger partial charge is 0.351 e. The van der Waals surface area contributed by atoms with Gasteiger partial charge in [-0.3, -0.25) is 9.36 Å². The molecule has 1 aromatic carbocycles. The SMILES string of the molecule is O=C(NCCc1nccn1C(F)F)c1sccc1S(=O)(=O)N1CCc2ccccc2C1. The van der Waals surface area contributed by atoms with Gasteiger partial charge < -0.3 is 5.32 Å². The Morgan fingerprint density at radius 2 is 2.00 bits per heavy atom. The van der Waals surface area contributed by atoms with Crippen LogP contribution < -0.4 is 5.32 Å². The van der Waals surface area contributed by atoms with Crippen molar-refractivity contribution in [3.63, 3.8) is 0 Å². The van der Waals surface area contributed by atoms with Crippen LogP contribution in [-0.4, -0.2) is 41.3 Å². The van der Waals surface area contributed by atoms with E-state index in [0.29, 0.717) is 13.0 Å². The van der Waals surface area contributed by atoms with Crippen molar-refractivity contribution in [2.75, 3.05) is 13.1 Å². The minimum atomic E-state index is -3.86. The maximum absolute atomic E-state index is 13.2. The Hall–Kier alpha value is -2.63. The van der Waals surface area contributed by atoms with Crippen LogP contribution >= 0.6 is 11.3 Å². The average molecular weight is 467 g/mol. The second kappa shape index (κ2) is 8.85. The molecule has 3 aromatic rings. The number of rotatable bonds is 7. The van der Waals surface area contributed by atoms with Crippen molar-refractivity contribution in [2.45, 2.75) is 30.8 Å². The van der Waals surface area contributed by atoms with Crippen LogP contribution in [0.1, 0.15) is 33.2 Å². The van der Waals surface area contributed by atoms with Gasteiger partial charge in [0.05, 0.1) is 0 Å². The predicted molar refractivity (Wildman–Crippen MR) is 112 cm³/mol. The first-order chi connectivity index (χ1) is 14.9. The van der Waals surface area contributed by atoms with Crippen LogP contribution in [0, 0.1) is 0 Å². The molecule has 0 saturated heterocycles. The molecule has 7 nitrogen and oxygen atoms in total. The maximum atomic E-state index is 13.2. The van der Waals surface area contributed by atoms with Gasteiger partial charge in [0.1, 0.15) is 15.6 Å². The molecular weight excluding hydrogens is 446 g/mol. The number of sulfonamides is 1. The molecule has 0 bridgehead atoms. The fourth-order valence-electron chi connectivity index (χ4n) is 3.56. The molecule has 0 unspecified atom stereocenters. The second-order valence-electron chi connectivity index (χ2n) is 7.01. The molecule has 31 heavy (non-hydrogen) atoms. The first kappa shape index (κ1) is 21.6. The van der Waals surface area contributed by atoms with E-state index in [2.05, 4.69) is 10.3 Å². The van der Waals surface area contributed by atoms with Gasteiger partial charge in [0.25, 0.3) is 5.91 Å². The second-order valence-corrected chi connectivity index (χ2v) is 9.83. The van der Waals surface area contributed by atoms with Gasteiger partial charge in [-0.2, -0.15) is 13.1 Å². The molecular formula is C20H20F2N4O3S2. The van der Waals surface area contributed by atoms with Crippen LogP contribution in [0.5, 0.6) is 0 Å². The summed E-state index contributed by atoms with van der Waals surface area (Å²) in [6.45, 7) is -2.06. The molecule has 1 N–H and O–H groups in total. The van der Waals surface area contributed by atoms with Crippen molar-refractivity contribution >= 4 is 27.3 Å². The lowest BCUT2D eigenvalue weighted by Gasteiger charge is -2.28. The van der Waals surface area contributed by atoms with Gasteiger partial charge in [0.15, 0.2) is 0 Å². The van der Waals surface area contributed by atoms with Crippen LogP contribution in [0.2, 0.25) is 0 Å². The Balaban J connectivity index is 1.45. The van der Waals surface area contributed by atoms with Gasteiger partial charge >= 0.3 is 6.55 Å². The lowest BCUT2D eigenvalue weighted by Crippen LogP contribution is -2.37. The molecule has 11 heteroatoms. The summed E-state index contributed by atoms with van der Waals surface area (Å²) < 4.78 is 54.3. The number of carbonyl (C=O) groups is 1. The summed E-state index contributed by atoms with van der Waals surface area (Å²) in [4.78, 5) is 16.5. The fourth-order valence-corrected chi connectivity index (χ4v) is 6.30.